The molecule has 0 aromatic heterocycles. The number of hydrogen-bond acceptors (Lipinski definition) is 4. The number of amides is 3. The largest absolute Gasteiger partial charge is 0.399 e. The molecule has 1 saturated heterocycles. The molecule has 8 heteroatoms. The number of nitrogens with two attached hydrogens (primary N) is 1. The minimum absolute atomic E-state index is 0.0785. The zero-order valence-corrected chi connectivity index (χ0v) is 12.1. The summed E-state index contributed by atoms with van der Waals surface area (Å²) in [5.41, 5.74) is 5.68. The van der Waals surface area contributed by atoms with Gasteiger partial charge in [-0.3, -0.25) is 19.7 Å². The number of rotatable bonds is 2. The molecule has 2 aliphatic rings. The Morgan fingerprint density at radius 1 is 1.26 bits per heavy atom. The van der Waals surface area contributed by atoms with Crippen molar-refractivity contribution in [2.24, 2.45) is 0 Å². The van der Waals surface area contributed by atoms with E-state index in [4.69, 9.17) is 5.73 Å². The monoisotopic (exact) mass is 323 g/mol. The van der Waals surface area contributed by atoms with Gasteiger partial charge in [0.1, 0.15) is 6.04 Å². The summed E-state index contributed by atoms with van der Waals surface area (Å²) in [6.07, 6.45) is -1.79. The lowest BCUT2D eigenvalue weighted by Crippen LogP contribution is -2.46. The van der Waals surface area contributed by atoms with Crippen LogP contribution in [-0.4, -0.2) is 28.7 Å². The van der Waals surface area contributed by atoms with Crippen molar-refractivity contribution in [3.05, 3.63) is 28.8 Å². The maximum atomic E-state index is 13.2. The van der Waals surface area contributed by atoms with Crippen molar-refractivity contribution in [2.45, 2.75) is 38.3 Å². The first-order valence-corrected chi connectivity index (χ1v) is 7.23. The Balaban J connectivity index is 1.96. The molecule has 1 aromatic carbocycles. The van der Waals surface area contributed by atoms with Crippen LogP contribution in [0.1, 0.15) is 47.2 Å². The summed E-state index contributed by atoms with van der Waals surface area (Å²) >= 11 is 0. The van der Waals surface area contributed by atoms with Crippen LogP contribution >= 0.6 is 0 Å². The highest BCUT2D eigenvalue weighted by atomic mass is 19.3. The molecular weight excluding hydrogens is 308 g/mol. The Kier molecular flexibility index (Phi) is 3.75. The van der Waals surface area contributed by atoms with Crippen LogP contribution in [0.5, 0.6) is 0 Å². The average Bonchev–Trinajstić information content (AvgIpc) is 2.69. The summed E-state index contributed by atoms with van der Waals surface area (Å²) in [4.78, 5) is 37.2. The van der Waals surface area contributed by atoms with Crippen LogP contribution < -0.4 is 11.1 Å². The van der Waals surface area contributed by atoms with E-state index in [0.717, 1.165) is 6.07 Å². The van der Waals surface area contributed by atoms with Crippen molar-refractivity contribution in [1.82, 2.24) is 10.2 Å². The SMILES string of the molecule is Nc1cc2c(c(C(F)F)c1)CN(C1CCCC(=O)NC1=O)C2=O. The molecule has 1 aromatic rings. The third-order valence-corrected chi connectivity index (χ3v) is 4.18. The normalized spacial score (nSPS) is 21.4. The number of nitrogens with zero attached hydrogens (tertiary/aromatic N) is 1. The maximum absolute atomic E-state index is 13.2. The fourth-order valence-electron chi connectivity index (χ4n) is 3.10. The molecule has 122 valence electrons. The van der Waals surface area contributed by atoms with Crippen LogP contribution in [0.2, 0.25) is 0 Å². The van der Waals surface area contributed by atoms with Crippen LogP contribution in [0, 0.1) is 0 Å². The van der Waals surface area contributed by atoms with Crippen LogP contribution in [0.15, 0.2) is 12.1 Å². The Hall–Kier alpha value is -2.51. The standard InChI is InChI=1S/C15H15F2N3O3/c16-13(17)8-4-7(18)5-9-10(8)6-20(15(9)23)11-2-1-3-12(21)19-14(11)22/h4-5,11,13H,1-3,6,18H2,(H,19,21,22). The van der Waals surface area contributed by atoms with Gasteiger partial charge in [-0.1, -0.05) is 0 Å². The number of hydrogen-bond donors (Lipinski definition) is 2. The number of fused-ring (bicyclic) bond motifs is 1. The van der Waals surface area contributed by atoms with E-state index in [2.05, 4.69) is 5.32 Å². The number of carbonyl (C=O) groups is 3. The van der Waals surface area contributed by atoms with Crippen LogP contribution in [0.25, 0.3) is 0 Å². The summed E-state index contributed by atoms with van der Waals surface area (Å²) < 4.78 is 26.4. The Morgan fingerprint density at radius 3 is 2.70 bits per heavy atom. The zero-order chi connectivity index (χ0) is 16.7. The number of anilines is 1. The van der Waals surface area contributed by atoms with E-state index in [-0.39, 0.29) is 41.3 Å². The first-order chi connectivity index (χ1) is 10.9. The van der Waals surface area contributed by atoms with Gasteiger partial charge in [-0.2, -0.15) is 0 Å². The van der Waals surface area contributed by atoms with Gasteiger partial charge in [0, 0.05) is 29.8 Å². The highest BCUT2D eigenvalue weighted by Crippen LogP contribution is 2.35. The molecular formula is C15H15F2N3O3. The number of benzene rings is 1. The van der Waals surface area contributed by atoms with E-state index in [1.165, 1.54) is 11.0 Å². The Bertz CT molecular complexity index is 705. The average molecular weight is 323 g/mol. The van der Waals surface area contributed by atoms with Crippen molar-refractivity contribution < 1.29 is 23.2 Å². The fourth-order valence-corrected chi connectivity index (χ4v) is 3.10. The van der Waals surface area contributed by atoms with Gasteiger partial charge in [-0.05, 0) is 30.5 Å². The molecule has 3 amide bonds. The number of imide groups is 1. The molecule has 6 nitrogen and oxygen atoms in total. The number of nitrogen functional groups attached to an aromatic ring is 1. The smallest absolute Gasteiger partial charge is 0.264 e. The number of alkyl halides is 2. The highest BCUT2D eigenvalue weighted by Gasteiger charge is 2.39. The highest BCUT2D eigenvalue weighted by molar-refractivity contribution is 6.05. The third kappa shape index (κ3) is 2.64. The summed E-state index contributed by atoms with van der Waals surface area (Å²) in [5.74, 6) is -1.47. The van der Waals surface area contributed by atoms with Crippen LogP contribution in [-0.2, 0) is 16.1 Å². The molecule has 2 heterocycles. The molecule has 0 radical (unpaired) electrons. The lowest BCUT2D eigenvalue weighted by Gasteiger charge is -2.24. The number of halogens is 2. The molecule has 0 aliphatic carbocycles. The predicted octanol–water partition coefficient (Wildman–Crippen LogP) is 1.36. The van der Waals surface area contributed by atoms with Crippen molar-refractivity contribution >= 4 is 23.4 Å². The molecule has 3 rings (SSSR count). The van der Waals surface area contributed by atoms with Gasteiger partial charge < -0.3 is 10.6 Å². The molecule has 1 fully saturated rings. The third-order valence-electron chi connectivity index (χ3n) is 4.18. The van der Waals surface area contributed by atoms with Gasteiger partial charge in [0.05, 0.1) is 0 Å². The van der Waals surface area contributed by atoms with Crippen molar-refractivity contribution in [2.75, 3.05) is 5.73 Å². The molecule has 3 N–H and O–H groups in total. The van der Waals surface area contributed by atoms with Crippen molar-refractivity contribution in [3.8, 4) is 0 Å². The minimum atomic E-state index is -2.76. The zero-order valence-electron chi connectivity index (χ0n) is 12.1. The Morgan fingerprint density at radius 2 is 2.00 bits per heavy atom. The van der Waals surface area contributed by atoms with E-state index >= 15 is 0 Å². The minimum Gasteiger partial charge on any atom is -0.399 e. The molecule has 0 spiro atoms. The first kappa shape index (κ1) is 15.4. The number of nitrogens with one attached hydrogen (secondary N) is 1. The van der Waals surface area contributed by atoms with Crippen LogP contribution in [0.4, 0.5) is 14.5 Å². The van der Waals surface area contributed by atoms with Gasteiger partial charge in [-0.15, -0.1) is 0 Å². The second kappa shape index (κ2) is 5.60. The summed E-state index contributed by atoms with van der Waals surface area (Å²) in [7, 11) is 0. The lowest BCUT2D eigenvalue weighted by atomic mass is 10.0. The van der Waals surface area contributed by atoms with E-state index in [9.17, 15) is 23.2 Å². The van der Waals surface area contributed by atoms with E-state index in [0.29, 0.717) is 12.8 Å². The van der Waals surface area contributed by atoms with Gasteiger partial charge in [-0.25, -0.2) is 8.78 Å². The van der Waals surface area contributed by atoms with Gasteiger partial charge in [0.2, 0.25) is 11.8 Å². The quantitative estimate of drug-likeness (QED) is 0.635. The van der Waals surface area contributed by atoms with Gasteiger partial charge >= 0.3 is 0 Å². The molecule has 2 aliphatic heterocycles. The van der Waals surface area contributed by atoms with E-state index in [1.807, 2.05) is 0 Å². The van der Waals surface area contributed by atoms with Gasteiger partial charge in [0.25, 0.3) is 12.3 Å². The van der Waals surface area contributed by atoms with Gasteiger partial charge in [0.15, 0.2) is 0 Å². The first-order valence-electron chi connectivity index (χ1n) is 7.23. The van der Waals surface area contributed by atoms with Crippen LogP contribution in [0.3, 0.4) is 0 Å². The second-order valence-corrected chi connectivity index (χ2v) is 5.69. The summed E-state index contributed by atoms with van der Waals surface area (Å²) in [6.45, 7) is -0.0829. The lowest BCUT2D eigenvalue weighted by molar-refractivity contribution is -0.132. The Labute approximate surface area is 130 Å². The molecule has 23 heavy (non-hydrogen) atoms. The molecule has 0 bridgehead atoms. The molecule has 1 atom stereocenters. The molecule has 0 saturated carbocycles. The van der Waals surface area contributed by atoms with E-state index < -0.39 is 24.3 Å². The maximum Gasteiger partial charge on any atom is 0.264 e. The summed E-state index contributed by atoms with van der Waals surface area (Å²) in [6, 6.07) is 1.66. The molecule has 1 unspecified atom stereocenters. The topological polar surface area (TPSA) is 92.5 Å². The van der Waals surface area contributed by atoms with Crippen molar-refractivity contribution in [3.63, 3.8) is 0 Å². The van der Waals surface area contributed by atoms with E-state index in [1.54, 1.807) is 0 Å². The second-order valence-electron chi connectivity index (χ2n) is 5.69. The number of carbonyl (C=O) groups excluding carboxylic acids is 3. The summed E-state index contributed by atoms with van der Waals surface area (Å²) in [5, 5.41) is 2.22. The van der Waals surface area contributed by atoms with Crippen molar-refractivity contribution in [1.29, 1.82) is 0 Å². The predicted molar refractivity (Wildman–Crippen MR) is 76.5 cm³/mol. The fraction of sp³-hybridized carbons (Fsp3) is 0.400.